The van der Waals surface area contributed by atoms with E-state index in [0.717, 1.165) is 23.4 Å². The van der Waals surface area contributed by atoms with Crippen LogP contribution < -0.4 is 10.1 Å². The van der Waals surface area contributed by atoms with Gasteiger partial charge < -0.3 is 10.1 Å². The van der Waals surface area contributed by atoms with Crippen molar-refractivity contribution in [1.29, 1.82) is 0 Å². The van der Waals surface area contributed by atoms with E-state index in [9.17, 15) is 8.78 Å². The van der Waals surface area contributed by atoms with E-state index in [1.807, 2.05) is 20.2 Å². The topological polar surface area (TPSA) is 39.1 Å². The van der Waals surface area contributed by atoms with Crippen molar-refractivity contribution in [2.24, 2.45) is 7.05 Å². The van der Waals surface area contributed by atoms with Gasteiger partial charge in [0.2, 0.25) is 0 Å². The highest BCUT2D eigenvalue weighted by atomic mass is 19.3. The van der Waals surface area contributed by atoms with E-state index in [2.05, 4.69) is 15.2 Å². The fourth-order valence-electron chi connectivity index (χ4n) is 1.93. The van der Waals surface area contributed by atoms with E-state index < -0.39 is 6.61 Å². The highest BCUT2D eigenvalue weighted by molar-refractivity contribution is 5.47. The molecule has 20 heavy (non-hydrogen) atoms. The molecule has 1 aromatic carbocycles. The number of ether oxygens (including phenoxy) is 1. The van der Waals surface area contributed by atoms with Gasteiger partial charge in [-0.2, -0.15) is 13.9 Å². The predicted molar refractivity (Wildman–Crippen MR) is 73.0 cm³/mol. The lowest BCUT2D eigenvalue weighted by Gasteiger charge is -2.07. The van der Waals surface area contributed by atoms with Crippen LogP contribution in [0, 0.1) is 0 Å². The summed E-state index contributed by atoms with van der Waals surface area (Å²) in [5.74, 6) is 0.166. The number of aromatic nitrogens is 2. The summed E-state index contributed by atoms with van der Waals surface area (Å²) < 4.78 is 30.1. The minimum Gasteiger partial charge on any atom is -0.435 e. The van der Waals surface area contributed by atoms with Crippen molar-refractivity contribution < 1.29 is 13.5 Å². The minimum absolute atomic E-state index is 0.166. The van der Waals surface area contributed by atoms with Crippen LogP contribution in [0.2, 0.25) is 0 Å². The SMILES string of the molecule is CCc1nn(C)cc1NCc1ccc(OC(F)F)cc1. The van der Waals surface area contributed by atoms with Crippen LogP contribution in [-0.2, 0) is 20.0 Å². The Morgan fingerprint density at radius 1 is 1.30 bits per heavy atom. The fraction of sp³-hybridized carbons (Fsp3) is 0.357. The van der Waals surface area contributed by atoms with Gasteiger partial charge in [0.25, 0.3) is 0 Å². The van der Waals surface area contributed by atoms with Crippen molar-refractivity contribution in [3.05, 3.63) is 41.7 Å². The summed E-state index contributed by atoms with van der Waals surface area (Å²) in [5.41, 5.74) is 2.98. The zero-order chi connectivity index (χ0) is 14.5. The zero-order valence-corrected chi connectivity index (χ0v) is 11.4. The second kappa shape index (κ2) is 6.36. The molecule has 0 aliphatic rings. The summed E-state index contributed by atoms with van der Waals surface area (Å²) in [5, 5.41) is 7.63. The van der Waals surface area contributed by atoms with Crippen LogP contribution in [0.5, 0.6) is 5.75 Å². The number of hydrogen-bond donors (Lipinski definition) is 1. The number of nitrogens with one attached hydrogen (secondary N) is 1. The second-order valence-electron chi connectivity index (χ2n) is 4.39. The first-order valence-corrected chi connectivity index (χ1v) is 6.38. The molecule has 0 aliphatic heterocycles. The highest BCUT2D eigenvalue weighted by Crippen LogP contribution is 2.18. The quantitative estimate of drug-likeness (QED) is 0.883. The molecule has 6 heteroatoms. The van der Waals surface area contributed by atoms with Crippen molar-refractivity contribution in [2.45, 2.75) is 26.5 Å². The van der Waals surface area contributed by atoms with Crippen LogP contribution in [-0.4, -0.2) is 16.4 Å². The lowest BCUT2D eigenvalue weighted by Crippen LogP contribution is -2.03. The molecule has 0 amide bonds. The summed E-state index contributed by atoms with van der Waals surface area (Å²) in [6.07, 6.45) is 2.78. The van der Waals surface area contributed by atoms with E-state index >= 15 is 0 Å². The Bertz CT molecular complexity index is 552. The third-order valence-electron chi connectivity index (χ3n) is 2.87. The van der Waals surface area contributed by atoms with Crippen LogP contribution in [0.3, 0.4) is 0 Å². The lowest BCUT2D eigenvalue weighted by atomic mass is 10.2. The number of benzene rings is 1. The zero-order valence-electron chi connectivity index (χ0n) is 11.4. The van der Waals surface area contributed by atoms with Crippen LogP contribution in [0.4, 0.5) is 14.5 Å². The Labute approximate surface area is 116 Å². The Morgan fingerprint density at radius 3 is 2.60 bits per heavy atom. The number of anilines is 1. The van der Waals surface area contributed by atoms with Crippen molar-refractivity contribution in [3.8, 4) is 5.75 Å². The first-order chi connectivity index (χ1) is 9.58. The molecule has 0 saturated carbocycles. The summed E-state index contributed by atoms with van der Waals surface area (Å²) >= 11 is 0. The van der Waals surface area contributed by atoms with Crippen molar-refractivity contribution in [1.82, 2.24) is 9.78 Å². The number of hydrogen-bond acceptors (Lipinski definition) is 3. The maximum Gasteiger partial charge on any atom is 0.387 e. The van der Waals surface area contributed by atoms with Crippen LogP contribution in [0.25, 0.3) is 0 Å². The number of rotatable bonds is 6. The third-order valence-corrected chi connectivity index (χ3v) is 2.87. The molecule has 2 aromatic rings. The first-order valence-electron chi connectivity index (χ1n) is 6.38. The summed E-state index contributed by atoms with van der Waals surface area (Å²) in [6, 6.07) is 6.58. The molecule has 0 aliphatic carbocycles. The molecule has 0 radical (unpaired) electrons. The lowest BCUT2D eigenvalue weighted by molar-refractivity contribution is -0.0498. The number of alkyl halides is 2. The van der Waals surface area contributed by atoms with Gasteiger partial charge in [-0.25, -0.2) is 0 Å². The van der Waals surface area contributed by atoms with E-state index in [1.165, 1.54) is 12.1 Å². The molecule has 4 nitrogen and oxygen atoms in total. The smallest absolute Gasteiger partial charge is 0.387 e. The molecule has 1 heterocycles. The second-order valence-corrected chi connectivity index (χ2v) is 4.39. The van der Waals surface area contributed by atoms with Gasteiger partial charge in [-0.15, -0.1) is 0 Å². The van der Waals surface area contributed by atoms with E-state index in [0.29, 0.717) is 6.54 Å². The maximum absolute atomic E-state index is 12.0. The van der Waals surface area contributed by atoms with Gasteiger partial charge in [-0.05, 0) is 24.1 Å². The fourth-order valence-corrected chi connectivity index (χ4v) is 1.93. The van der Waals surface area contributed by atoms with Crippen LogP contribution in [0.1, 0.15) is 18.2 Å². The molecular weight excluding hydrogens is 264 g/mol. The number of aryl methyl sites for hydroxylation is 2. The average molecular weight is 281 g/mol. The van der Waals surface area contributed by atoms with Crippen molar-refractivity contribution in [2.75, 3.05) is 5.32 Å². The number of nitrogens with zero attached hydrogens (tertiary/aromatic N) is 2. The Kier molecular flexibility index (Phi) is 4.55. The predicted octanol–water partition coefficient (Wildman–Crippen LogP) is 3.20. The largest absolute Gasteiger partial charge is 0.435 e. The average Bonchev–Trinajstić information content (AvgIpc) is 2.78. The Morgan fingerprint density at radius 2 is 2.00 bits per heavy atom. The summed E-state index contributed by atoms with van der Waals surface area (Å²) in [6.45, 7) is -0.140. The van der Waals surface area contributed by atoms with E-state index in [-0.39, 0.29) is 5.75 Å². The first kappa shape index (κ1) is 14.3. The molecule has 108 valence electrons. The molecule has 0 atom stereocenters. The molecule has 0 saturated heterocycles. The van der Waals surface area contributed by atoms with Gasteiger partial charge in [-0.1, -0.05) is 19.1 Å². The van der Waals surface area contributed by atoms with Crippen molar-refractivity contribution >= 4 is 5.69 Å². The molecule has 1 N–H and O–H groups in total. The summed E-state index contributed by atoms with van der Waals surface area (Å²) in [7, 11) is 1.88. The molecule has 2 rings (SSSR count). The van der Waals surface area contributed by atoms with Crippen LogP contribution >= 0.6 is 0 Å². The maximum atomic E-state index is 12.0. The minimum atomic E-state index is -2.79. The third kappa shape index (κ3) is 3.69. The van der Waals surface area contributed by atoms with Gasteiger partial charge in [0.1, 0.15) is 5.75 Å². The highest BCUT2D eigenvalue weighted by Gasteiger charge is 2.06. The van der Waals surface area contributed by atoms with Gasteiger partial charge in [0.05, 0.1) is 11.4 Å². The van der Waals surface area contributed by atoms with E-state index in [4.69, 9.17) is 0 Å². The molecule has 0 fully saturated rings. The Balaban J connectivity index is 1.96. The standard InChI is InChI=1S/C14H17F2N3O/c1-3-12-13(9-19(2)18-12)17-8-10-4-6-11(7-5-10)20-14(15)16/h4-7,9,14,17H,3,8H2,1-2H3. The van der Waals surface area contributed by atoms with Gasteiger partial charge >= 0.3 is 6.61 Å². The Hall–Kier alpha value is -2.11. The van der Waals surface area contributed by atoms with Crippen LogP contribution in [0.15, 0.2) is 30.5 Å². The van der Waals surface area contributed by atoms with Crippen molar-refractivity contribution in [3.63, 3.8) is 0 Å². The summed E-state index contributed by atoms with van der Waals surface area (Å²) in [4.78, 5) is 0. The molecule has 0 spiro atoms. The number of halogens is 2. The van der Waals surface area contributed by atoms with Gasteiger partial charge in [-0.3, -0.25) is 4.68 Å². The molecular formula is C14H17F2N3O. The van der Waals surface area contributed by atoms with E-state index in [1.54, 1.807) is 16.8 Å². The molecule has 0 bridgehead atoms. The normalized spacial score (nSPS) is 10.8. The molecule has 0 unspecified atom stereocenters. The van der Waals surface area contributed by atoms with Gasteiger partial charge in [0, 0.05) is 19.8 Å². The van der Waals surface area contributed by atoms with Gasteiger partial charge in [0.15, 0.2) is 0 Å². The molecule has 1 aromatic heterocycles. The monoisotopic (exact) mass is 281 g/mol.